The Hall–Kier alpha value is -1.01. The van der Waals surface area contributed by atoms with Gasteiger partial charge in [-0.3, -0.25) is 4.79 Å². The first-order valence-corrected chi connectivity index (χ1v) is 5.61. The number of hydrogen-bond acceptors (Lipinski definition) is 2. The summed E-state index contributed by atoms with van der Waals surface area (Å²) in [4.78, 5) is 13.6. The van der Waals surface area contributed by atoms with E-state index in [1.165, 1.54) is 0 Å². The average molecular weight is 208 g/mol. The lowest BCUT2D eigenvalue weighted by atomic mass is 9.75. The van der Waals surface area contributed by atoms with Gasteiger partial charge in [-0.25, -0.2) is 0 Å². The number of rotatable bonds is 5. The van der Waals surface area contributed by atoms with Crippen LogP contribution in [-0.2, 0) is 4.79 Å². The van der Waals surface area contributed by atoms with Crippen LogP contribution in [0.25, 0.3) is 0 Å². The first kappa shape index (κ1) is 12.1. The summed E-state index contributed by atoms with van der Waals surface area (Å²) in [6, 6.07) is 0. The molecule has 1 fully saturated rings. The minimum Gasteiger partial charge on any atom is -0.332 e. The Labute approximate surface area is 92.0 Å². The minimum absolute atomic E-state index is 0.108. The zero-order valence-electron chi connectivity index (χ0n) is 9.46. The number of carbonyl (C=O) groups excluding carboxylic acids is 1. The zero-order chi connectivity index (χ0) is 11.3. The summed E-state index contributed by atoms with van der Waals surface area (Å²) >= 11 is 0. The van der Waals surface area contributed by atoms with Crippen LogP contribution in [0.15, 0.2) is 0 Å². The molecule has 0 aromatic heterocycles. The summed E-state index contributed by atoms with van der Waals surface area (Å²) < 4.78 is 0. The van der Waals surface area contributed by atoms with Gasteiger partial charge in [0, 0.05) is 18.5 Å². The predicted molar refractivity (Wildman–Crippen MR) is 61.1 cm³/mol. The fraction of sp³-hybridized carbons (Fsp3) is 0.750. The molecule has 1 amide bonds. The van der Waals surface area contributed by atoms with E-state index in [4.69, 9.17) is 12.2 Å². The topological polar surface area (TPSA) is 46.3 Å². The molecule has 15 heavy (non-hydrogen) atoms. The van der Waals surface area contributed by atoms with E-state index in [2.05, 4.69) is 5.92 Å². The van der Waals surface area contributed by atoms with Gasteiger partial charge in [-0.15, -0.1) is 6.42 Å². The lowest BCUT2D eigenvalue weighted by Gasteiger charge is -2.38. The maximum absolute atomic E-state index is 11.9. The van der Waals surface area contributed by atoms with Gasteiger partial charge in [0.1, 0.15) is 0 Å². The fourth-order valence-electron chi connectivity index (χ4n) is 1.89. The first-order chi connectivity index (χ1) is 7.11. The van der Waals surface area contributed by atoms with E-state index < -0.39 is 0 Å². The van der Waals surface area contributed by atoms with E-state index in [1.807, 2.05) is 6.92 Å². The quantitative estimate of drug-likeness (QED) is 0.688. The van der Waals surface area contributed by atoms with Crippen molar-refractivity contribution in [3.8, 4) is 12.3 Å². The van der Waals surface area contributed by atoms with E-state index in [1.54, 1.807) is 4.90 Å². The maximum atomic E-state index is 11.9. The largest absolute Gasteiger partial charge is 0.332 e. The van der Waals surface area contributed by atoms with Gasteiger partial charge in [0.15, 0.2) is 0 Å². The molecule has 2 N–H and O–H groups in total. The van der Waals surface area contributed by atoms with E-state index >= 15 is 0 Å². The van der Waals surface area contributed by atoms with Crippen molar-refractivity contribution in [3.05, 3.63) is 0 Å². The van der Waals surface area contributed by atoms with Crippen molar-refractivity contribution < 1.29 is 4.79 Å². The predicted octanol–water partition coefficient (Wildman–Crippen LogP) is 1.13. The SMILES string of the molecule is C#CCN(CCC)C(=O)CC1(N)CCC1. The van der Waals surface area contributed by atoms with Gasteiger partial charge < -0.3 is 10.6 Å². The van der Waals surface area contributed by atoms with Crippen LogP contribution in [0, 0.1) is 12.3 Å². The number of nitrogens with two attached hydrogens (primary N) is 1. The summed E-state index contributed by atoms with van der Waals surface area (Å²) in [5, 5.41) is 0. The molecule has 0 unspecified atom stereocenters. The Morgan fingerprint density at radius 1 is 1.60 bits per heavy atom. The molecule has 0 bridgehead atoms. The van der Waals surface area contributed by atoms with Crippen LogP contribution in [0.1, 0.15) is 39.0 Å². The van der Waals surface area contributed by atoms with Crippen molar-refractivity contribution in [2.24, 2.45) is 5.73 Å². The molecule has 0 heterocycles. The molecule has 0 aromatic carbocycles. The highest BCUT2D eigenvalue weighted by atomic mass is 16.2. The Morgan fingerprint density at radius 2 is 2.27 bits per heavy atom. The van der Waals surface area contributed by atoms with Gasteiger partial charge in [0.05, 0.1) is 6.54 Å². The molecule has 0 aliphatic heterocycles. The van der Waals surface area contributed by atoms with E-state index in [-0.39, 0.29) is 11.4 Å². The van der Waals surface area contributed by atoms with E-state index in [0.717, 1.165) is 32.2 Å². The molecule has 1 rings (SSSR count). The summed E-state index contributed by atoms with van der Waals surface area (Å²) in [6.07, 6.45) is 9.70. The number of carbonyl (C=O) groups is 1. The summed E-state index contributed by atoms with van der Waals surface area (Å²) in [5.74, 6) is 2.63. The van der Waals surface area contributed by atoms with Crippen molar-refractivity contribution in [2.75, 3.05) is 13.1 Å². The maximum Gasteiger partial charge on any atom is 0.225 e. The molecule has 3 heteroatoms. The van der Waals surface area contributed by atoms with Crippen molar-refractivity contribution in [1.82, 2.24) is 4.90 Å². The molecule has 1 saturated carbocycles. The molecule has 0 atom stereocenters. The Kier molecular flexibility index (Phi) is 4.16. The number of nitrogens with zero attached hydrogens (tertiary/aromatic N) is 1. The van der Waals surface area contributed by atoms with Crippen molar-refractivity contribution in [3.63, 3.8) is 0 Å². The molecule has 0 aromatic rings. The van der Waals surface area contributed by atoms with E-state index in [9.17, 15) is 4.79 Å². The summed E-state index contributed by atoms with van der Waals surface area (Å²) in [5.41, 5.74) is 5.80. The molecule has 0 spiro atoms. The van der Waals surface area contributed by atoms with Crippen LogP contribution in [0.2, 0.25) is 0 Å². The second kappa shape index (κ2) is 5.18. The molecule has 1 aliphatic rings. The van der Waals surface area contributed by atoms with Crippen LogP contribution in [0.3, 0.4) is 0 Å². The van der Waals surface area contributed by atoms with Gasteiger partial charge in [0.2, 0.25) is 5.91 Å². The molecule has 1 aliphatic carbocycles. The van der Waals surface area contributed by atoms with Crippen LogP contribution in [-0.4, -0.2) is 29.4 Å². The monoisotopic (exact) mass is 208 g/mol. The number of terminal acetylenes is 1. The molecule has 0 radical (unpaired) electrons. The van der Waals surface area contributed by atoms with Gasteiger partial charge in [0.25, 0.3) is 0 Å². The van der Waals surface area contributed by atoms with Gasteiger partial charge >= 0.3 is 0 Å². The molecular formula is C12H20N2O. The average Bonchev–Trinajstić information content (AvgIpc) is 2.15. The third kappa shape index (κ3) is 3.24. The standard InChI is InChI=1S/C12H20N2O/c1-3-8-14(9-4-2)11(15)10-12(13)6-5-7-12/h1H,4-10,13H2,2H3. The third-order valence-corrected chi connectivity index (χ3v) is 2.98. The van der Waals surface area contributed by atoms with Crippen LogP contribution in [0.4, 0.5) is 0 Å². The van der Waals surface area contributed by atoms with Crippen molar-refractivity contribution in [1.29, 1.82) is 0 Å². The fourth-order valence-corrected chi connectivity index (χ4v) is 1.89. The molecule has 0 saturated heterocycles. The number of amides is 1. The number of hydrogen-bond donors (Lipinski definition) is 1. The van der Waals surface area contributed by atoms with Gasteiger partial charge in [-0.1, -0.05) is 12.8 Å². The molecule has 3 nitrogen and oxygen atoms in total. The summed E-state index contributed by atoms with van der Waals surface area (Å²) in [7, 11) is 0. The van der Waals surface area contributed by atoms with E-state index in [0.29, 0.717) is 13.0 Å². The first-order valence-electron chi connectivity index (χ1n) is 5.61. The lowest BCUT2D eigenvalue weighted by molar-refractivity contribution is -0.132. The molecular weight excluding hydrogens is 188 g/mol. The Balaban J connectivity index is 2.45. The van der Waals surface area contributed by atoms with Gasteiger partial charge in [-0.05, 0) is 25.7 Å². The lowest BCUT2D eigenvalue weighted by Crippen LogP contribution is -2.50. The normalized spacial score (nSPS) is 17.7. The zero-order valence-corrected chi connectivity index (χ0v) is 9.46. The smallest absolute Gasteiger partial charge is 0.225 e. The van der Waals surface area contributed by atoms with Crippen molar-refractivity contribution in [2.45, 2.75) is 44.6 Å². The van der Waals surface area contributed by atoms with Crippen LogP contribution in [0.5, 0.6) is 0 Å². The molecule has 84 valence electrons. The highest BCUT2D eigenvalue weighted by molar-refractivity contribution is 5.77. The Morgan fingerprint density at radius 3 is 2.67 bits per heavy atom. The van der Waals surface area contributed by atoms with Crippen LogP contribution >= 0.6 is 0 Å². The highest BCUT2D eigenvalue weighted by Crippen LogP contribution is 2.32. The third-order valence-electron chi connectivity index (χ3n) is 2.98. The second-order valence-electron chi connectivity index (χ2n) is 4.41. The van der Waals surface area contributed by atoms with Crippen molar-refractivity contribution >= 4 is 5.91 Å². The summed E-state index contributed by atoms with van der Waals surface area (Å²) in [6.45, 7) is 3.18. The van der Waals surface area contributed by atoms with Gasteiger partial charge in [-0.2, -0.15) is 0 Å². The Bertz CT molecular complexity index is 263. The second-order valence-corrected chi connectivity index (χ2v) is 4.41. The highest BCUT2D eigenvalue weighted by Gasteiger charge is 2.35. The van der Waals surface area contributed by atoms with Crippen LogP contribution < -0.4 is 5.73 Å². The minimum atomic E-state index is -0.238.